The van der Waals surface area contributed by atoms with E-state index in [1.807, 2.05) is 30.0 Å². The molecule has 2 heterocycles. The molecule has 1 fully saturated rings. The Morgan fingerprint density at radius 2 is 1.96 bits per heavy atom. The van der Waals surface area contributed by atoms with Gasteiger partial charge < -0.3 is 10.2 Å². The van der Waals surface area contributed by atoms with Crippen LogP contribution < -0.4 is 5.32 Å². The first-order chi connectivity index (χ1) is 11.1. The maximum atomic E-state index is 12.9. The maximum absolute atomic E-state index is 12.9. The lowest BCUT2D eigenvalue weighted by molar-refractivity contribution is 0.0607. The van der Waals surface area contributed by atoms with Gasteiger partial charge in [0, 0.05) is 31.6 Å². The Bertz CT molecular complexity index is 693. The second kappa shape index (κ2) is 9.53. The van der Waals surface area contributed by atoms with Crippen molar-refractivity contribution >= 4 is 42.1 Å². The van der Waals surface area contributed by atoms with E-state index in [-0.39, 0.29) is 36.8 Å². The second-order valence-electron chi connectivity index (χ2n) is 6.17. The molecule has 0 bridgehead atoms. The van der Waals surface area contributed by atoms with E-state index in [0.29, 0.717) is 6.04 Å². The van der Waals surface area contributed by atoms with Crippen molar-refractivity contribution in [3.8, 4) is 0 Å². The summed E-state index contributed by atoms with van der Waals surface area (Å²) in [5.41, 5.74) is 2.08. The number of benzene rings is 1. The van der Waals surface area contributed by atoms with Gasteiger partial charge >= 0.3 is 0 Å². The molecule has 1 aliphatic heterocycles. The summed E-state index contributed by atoms with van der Waals surface area (Å²) in [5.74, 6) is 0.125. The number of carbonyl (C=O) groups is 1. The molecule has 2 aromatic rings. The number of aryl methyl sites for hydroxylation is 1. The lowest BCUT2D eigenvalue weighted by Crippen LogP contribution is -2.57. The molecule has 3 rings (SSSR count). The van der Waals surface area contributed by atoms with Crippen molar-refractivity contribution in [2.45, 2.75) is 39.3 Å². The number of nitrogens with zero attached hydrogens (tertiary/aromatic N) is 2. The molecule has 1 amide bonds. The highest BCUT2D eigenvalue weighted by Gasteiger charge is 2.30. The van der Waals surface area contributed by atoms with Crippen molar-refractivity contribution in [2.75, 3.05) is 13.1 Å². The third-order valence-electron chi connectivity index (χ3n) is 4.53. The number of aromatic nitrogens is 1. The quantitative estimate of drug-likeness (QED) is 0.852. The fourth-order valence-corrected chi connectivity index (χ4v) is 4.03. The third kappa shape index (κ3) is 4.94. The molecule has 0 aliphatic carbocycles. The van der Waals surface area contributed by atoms with Crippen molar-refractivity contribution in [2.24, 2.45) is 0 Å². The Morgan fingerprint density at radius 3 is 2.64 bits per heavy atom. The van der Waals surface area contributed by atoms with Gasteiger partial charge in [-0.3, -0.25) is 4.79 Å². The standard InChI is InChI=1S/C18H23N3OS.2ClH/c1-12-14(3)21(10-9-19-12)18(22)17-13(2)20-16(23-17)11-15-7-5-4-6-8-15;;/h4-8,12,14,19H,9-11H2,1-3H3;2*1H. The average molecular weight is 402 g/mol. The van der Waals surface area contributed by atoms with Gasteiger partial charge in [-0.2, -0.15) is 0 Å². The first-order valence-electron chi connectivity index (χ1n) is 8.11. The Balaban J connectivity index is 0.00000156. The zero-order valence-electron chi connectivity index (χ0n) is 14.7. The number of nitrogens with one attached hydrogen (secondary N) is 1. The molecular formula is C18H25Cl2N3OS. The Hall–Kier alpha value is -1.14. The Kier molecular flexibility index (Phi) is 8.35. The smallest absolute Gasteiger partial charge is 0.266 e. The molecule has 1 aromatic heterocycles. The molecule has 0 spiro atoms. The predicted octanol–water partition coefficient (Wildman–Crippen LogP) is 3.71. The van der Waals surface area contributed by atoms with Crippen molar-refractivity contribution in [3.63, 3.8) is 0 Å². The third-order valence-corrected chi connectivity index (χ3v) is 5.67. The molecule has 1 N–H and O–H groups in total. The second-order valence-corrected chi connectivity index (χ2v) is 7.25. The number of hydrogen-bond donors (Lipinski definition) is 1. The van der Waals surface area contributed by atoms with E-state index in [2.05, 4.69) is 36.3 Å². The number of rotatable bonds is 3. The van der Waals surface area contributed by atoms with Crippen LogP contribution in [0.4, 0.5) is 0 Å². The van der Waals surface area contributed by atoms with Crippen LogP contribution in [0.15, 0.2) is 30.3 Å². The van der Waals surface area contributed by atoms with E-state index in [1.54, 1.807) is 0 Å². The maximum Gasteiger partial charge on any atom is 0.266 e. The normalized spacial score (nSPS) is 19.7. The number of thiazole rings is 1. The van der Waals surface area contributed by atoms with Gasteiger partial charge in [0.1, 0.15) is 4.88 Å². The highest BCUT2D eigenvalue weighted by atomic mass is 35.5. The molecule has 0 saturated carbocycles. The van der Waals surface area contributed by atoms with Crippen molar-refractivity contribution in [1.29, 1.82) is 0 Å². The van der Waals surface area contributed by atoms with Gasteiger partial charge in [0.05, 0.1) is 10.7 Å². The van der Waals surface area contributed by atoms with Gasteiger partial charge in [-0.05, 0) is 26.3 Å². The molecule has 1 aliphatic rings. The summed E-state index contributed by atoms with van der Waals surface area (Å²) >= 11 is 1.54. The first-order valence-corrected chi connectivity index (χ1v) is 8.92. The van der Waals surface area contributed by atoms with E-state index in [4.69, 9.17) is 0 Å². The summed E-state index contributed by atoms with van der Waals surface area (Å²) in [6, 6.07) is 10.8. The molecule has 2 atom stereocenters. The summed E-state index contributed by atoms with van der Waals surface area (Å²) in [6.45, 7) is 7.79. The Labute approximate surface area is 165 Å². The summed E-state index contributed by atoms with van der Waals surface area (Å²) < 4.78 is 0. The summed E-state index contributed by atoms with van der Waals surface area (Å²) in [5, 5.41) is 4.42. The van der Waals surface area contributed by atoms with Crippen molar-refractivity contribution in [1.82, 2.24) is 15.2 Å². The summed E-state index contributed by atoms with van der Waals surface area (Å²) in [4.78, 5) is 20.3. The summed E-state index contributed by atoms with van der Waals surface area (Å²) in [7, 11) is 0. The number of hydrogen-bond acceptors (Lipinski definition) is 4. The molecule has 2 unspecified atom stereocenters. The van der Waals surface area contributed by atoms with Gasteiger partial charge in [-0.1, -0.05) is 30.3 Å². The molecule has 25 heavy (non-hydrogen) atoms. The van der Waals surface area contributed by atoms with Gasteiger partial charge in [0.25, 0.3) is 5.91 Å². The first kappa shape index (κ1) is 21.9. The molecule has 138 valence electrons. The number of halogens is 2. The number of amides is 1. The fourth-order valence-electron chi connectivity index (χ4n) is 2.97. The largest absolute Gasteiger partial charge is 0.332 e. The number of piperazine rings is 1. The lowest BCUT2D eigenvalue weighted by Gasteiger charge is -2.38. The monoisotopic (exact) mass is 401 g/mol. The zero-order valence-corrected chi connectivity index (χ0v) is 17.1. The average Bonchev–Trinajstić information content (AvgIpc) is 2.91. The van der Waals surface area contributed by atoms with E-state index < -0.39 is 0 Å². The van der Waals surface area contributed by atoms with Crippen LogP contribution in [0.1, 0.15) is 39.8 Å². The summed E-state index contributed by atoms with van der Waals surface area (Å²) in [6.07, 6.45) is 0.785. The van der Waals surface area contributed by atoms with Crippen LogP contribution in [0, 0.1) is 6.92 Å². The van der Waals surface area contributed by atoms with E-state index >= 15 is 0 Å². The molecule has 1 aromatic carbocycles. The molecular weight excluding hydrogens is 377 g/mol. The minimum atomic E-state index is 0. The van der Waals surface area contributed by atoms with Crippen LogP contribution in [-0.2, 0) is 6.42 Å². The van der Waals surface area contributed by atoms with Crippen LogP contribution in [0.5, 0.6) is 0 Å². The van der Waals surface area contributed by atoms with E-state index in [1.165, 1.54) is 16.9 Å². The molecule has 7 heteroatoms. The van der Waals surface area contributed by atoms with Gasteiger partial charge in [-0.25, -0.2) is 4.98 Å². The van der Waals surface area contributed by atoms with Crippen LogP contribution >= 0.6 is 36.2 Å². The fraction of sp³-hybridized carbons (Fsp3) is 0.444. The minimum Gasteiger partial charge on any atom is -0.332 e. The Morgan fingerprint density at radius 1 is 1.28 bits per heavy atom. The molecule has 4 nitrogen and oxygen atoms in total. The SMILES string of the molecule is Cc1nc(Cc2ccccc2)sc1C(=O)N1CCNC(C)C1C.Cl.Cl. The lowest BCUT2D eigenvalue weighted by atomic mass is 10.1. The van der Waals surface area contributed by atoms with Gasteiger partial charge in [-0.15, -0.1) is 36.2 Å². The predicted molar refractivity (Wildman–Crippen MR) is 109 cm³/mol. The zero-order chi connectivity index (χ0) is 16.4. The van der Waals surface area contributed by atoms with Crippen molar-refractivity contribution in [3.05, 3.63) is 51.5 Å². The van der Waals surface area contributed by atoms with Crippen LogP contribution in [0.3, 0.4) is 0 Å². The van der Waals surface area contributed by atoms with E-state index in [0.717, 1.165) is 35.1 Å². The molecule has 0 radical (unpaired) electrons. The highest BCUT2D eigenvalue weighted by Crippen LogP contribution is 2.24. The topological polar surface area (TPSA) is 45.2 Å². The van der Waals surface area contributed by atoms with Gasteiger partial charge in [0.15, 0.2) is 0 Å². The van der Waals surface area contributed by atoms with Crippen LogP contribution in [0.2, 0.25) is 0 Å². The van der Waals surface area contributed by atoms with Gasteiger partial charge in [0.2, 0.25) is 0 Å². The van der Waals surface area contributed by atoms with Crippen molar-refractivity contribution < 1.29 is 4.79 Å². The number of carbonyl (C=O) groups excluding carboxylic acids is 1. The molecule has 1 saturated heterocycles. The van der Waals surface area contributed by atoms with Crippen LogP contribution in [-0.4, -0.2) is 41.0 Å². The highest BCUT2D eigenvalue weighted by molar-refractivity contribution is 7.13. The van der Waals surface area contributed by atoms with Crippen LogP contribution in [0.25, 0.3) is 0 Å². The minimum absolute atomic E-state index is 0. The van der Waals surface area contributed by atoms with E-state index in [9.17, 15) is 4.79 Å².